The predicted molar refractivity (Wildman–Crippen MR) is 135 cm³/mol. The fourth-order valence-corrected chi connectivity index (χ4v) is 6.24. The summed E-state index contributed by atoms with van der Waals surface area (Å²) in [6.07, 6.45) is 2.72. The molecule has 10 nitrogen and oxygen atoms in total. The van der Waals surface area contributed by atoms with Crippen LogP contribution in [0.3, 0.4) is 0 Å². The van der Waals surface area contributed by atoms with E-state index in [0.29, 0.717) is 25.7 Å². The Labute approximate surface area is 223 Å². The number of carbonyl (C=O) groups excluding carboxylic acids is 2. The zero-order chi connectivity index (χ0) is 27.6. The Balaban J connectivity index is 1.61. The molecule has 0 aromatic carbocycles. The van der Waals surface area contributed by atoms with Gasteiger partial charge in [-0.2, -0.15) is 0 Å². The Kier molecular flexibility index (Phi) is 9.32. The molecule has 12 atom stereocenters. The lowest BCUT2D eigenvalue weighted by molar-refractivity contribution is -0.193. The van der Waals surface area contributed by atoms with Crippen molar-refractivity contribution in [1.82, 2.24) is 0 Å². The van der Waals surface area contributed by atoms with E-state index in [0.717, 1.165) is 6.92 Å². The minimum Gasteiger partial charge on any atom is -0.459 e. The topological polar surface area (TPSA) is 152 Å². The number of ether oxygens (including phenoxy) is 4. The van der Waals surface area contributed by atoms with E-state index in [-0.39, 0.29) is 43.3 Å². The Hall–Kier alpha value is -1.82. The van der Waals surface area contributed by atoms with E-state index < -0.39 is 60.3 Å². The molecule has 0 aromatic rings. The van der Waals surface area contributed by atoms with Crippen LogP contribution in [0.5, 0.6) is 0 Å². The van der Waals surface area contributed by atoms with Gasteiger partial charge in [0.25, 0.3) is 0 Å². The lowest BCUT2D eigenvalue weighted by atomic mass is 9.83. The third-order valence-electron chi connectivity index (χ3n) is 8.30. The van der Waals surface area contributed by atoms with Crippen molar-refractivity contribution in [2.24, 2.45) is 11.8 Å². The monoisotopic (exact) mass is 538 g/mol. The molecule has 3 fully saturated rings. The lowest BCUT2D eigenvalue weighted by Gasteiger charge is -2.38. The van der Waals surface area contributed by atoms with Gasteiger partial charge in [-0.25, -0.2) is 4.79 Å². The second-order valence-corrected chi connectivity index (χ2v) is 11.5. The number of hydrogen-bond acceptors (Lipinski definition) is 10. The van der Waals surface area contributed by atoms with Gasteiger partial charge in [0.05, 0.1) is 36.6 Å². The van der Waals surface area contributed by atoms with Gasteiger partial charge >= 0.3 is 11.9 Å². The minimum absolute atomic E-state index is 0.0855. The minimum atomic E-state index is -2.55. The molecule has 38 heavy (non-hydrogen) atoms. The molecule has 3 saturated heterocycles. The second kappa shape index (κ2) is 12.1. The molecule has 0 amide bonds. The highest BCUT2D eigenvalue weighted by atomic mass is 16.6. The molecule has 0 radical (unpaired) electrons. The van der Waals surface area contributed by atoms with Crippen molar-refractivity contribution in [1.29, 1.82) is 0 Å². The average Bonchev–Trinajstić information content (AvgIpc) is 3.30. The van der Waals surface area contributed by atoms with Gasteiger partial charge in [-0.15, -0.1) is 0 Å². The molecule has 214 valence electrons. The molecule has 6 bridgehead atoms. The van der Waals surface area contributed by atoms with Crippen molar-refractivity contribution in [3.05, 3.63) is 24.3 Å². The Morgan fingerprint density at radius 2 is 1.66 bits per heavy atom. The molecule has 4 aliphatic rings. The standard InChI is InChI=1S/C28H42O10/c1-15-7-5-4-6-8-22-16(2)10-23(37-22)21(31)14-24-26(32)28(34,27(33)38-24)25(35-17(3)29)13-20-12-18(30)11-19(9-15)36-20/h4-7,15-16,18-26,30-32,34H,8-14H2,1-3H3/t15-,16+,18-,19+,20+,21+,22+,23+,24+,25-,26-,28-/m0/s1. The van der Waals surface area contributed by atoms with Crippen LogP contribution in [0.1, 0.15) is 65.7 Å². The number of hydrogen-bond donors (Lipinski definition) is 4. The van der Waals surface area contributed by atoms with Gasteiger partial charge in [0, 0.05) is 19.8 Å². The van der Waals surface area contributed by atoms with E-state index in [4.69, 9.17) is 18.9 Å². The number of fused-ring (bicyclic) bond motifs is 6. The first-order valence-electron chi connectivity index (χ1n) is 13.8. The first-order valence-corrected chi connectivity index (χ1v) is 13.8. The lowest BCUT2D eigenvalue weighted by Crippen LogP contribution is -2.58. The van der Waals surface area contributed by atoms with Crippen molar-refractivity contribution in [3.63, 3.8) is 0 Å². The highest BCUT2D eigenvalue weighted by molar-refractivity contribution is 5.84. The first-order chi connectivity index (χ1) is 18.0. The van der Waals surface area contributed by atoms with E-state index in [9.17, 15) is 30.0 Å². The molecule has 4 aliphatic heterocycles. The zero-order valence-electron chi connectivity index (χ0n) is 22.3. The molecule has 0 aromatic heterocycles. The summed E-state index contributed by atoms with van der Waals surface area (Å²) in [6, 6.07) is 0. The van der Waals surface area contributed by atoms with Crippen LogP contribution in [-0.4, -0.2) is 92.9 Å². The second-order valence-electron chi connectivity index (χ2n) is 11.5. The van der Waals surface area contributed by atoms with Gasteiger partial charge in [-0.3, -0.25) is 4.79 Å². The summed E-state index contributed by atoms with van der Waals surface area (Å²) in [5, 5.41) is 44.0. The fraction of sp³-hybridized carbons (Fsp3) is 0.786. The normalized spacial score (nSPS) is 46.4. The van der Waals surface area contributed by atoms with Gasteiger partial charge in [0.15, 0.2) is 0 Å². The summed E-state index contributed by atoms with van der Waals surface area (Å²) in [5.41, 5.74) is -2.55. The van der Waals surface area contributed by atoms with Gasteiger partial charge in [-0.05, 0) is 43.9 Å². The summed E-state index contributed by atoms with van der Waals surface area (Å²) in [5.74, 6) is -1.53. The molecule has 4 N–H and O–H groups in total. The summed E-state index contributed by atoms with van der Waals surface area (Å²) >= 11 is 0. The molecule has 0 spiro atoms. The maximum absolute atomic E-state index is 13.0. The van der Waals surface area contributed by atoms with Gasteiger partial charge in [0.2, 0.25) is 5.60 Å². The number of allylic oxidation sites excluding steroid dienone is 3. The Morgan fingerprint density at radius 3 is 2.37 bits per heavy atom. The van der Waals surface area contributed by atoms with Crippen LogP contribution in [0.15, 0.2) is 24.3 Å². The van der Waals surface area contributed by atoms with Gasteiger partial charge < -0.3 is 39.4 Å². The molecule has 0 saturated carbocycles. The Morgan fingerprint density at radius 1 is 0.947 bits per heavy atom. The summed E-state index contributed by atoms with van der Waals surface area (Å²) < 4.78 is 23.0. The highest BCUT2D eigenvalue weighted by Crippen LogP contribution is 2.39. The van der Waals surface area contributed by atoms with Crippen LogP contribution in [0, 0.1) is 11.8 Å². The molecule has 10 heteroatoms. The van der Waals surface area contributed by atoms with Crippen molar-refractivity contribution in [3.8, 4) is 0 Å². The van der Waals surface area contributed by atoms with Crippen molar-refractivity contribution >= 4 is 11.9 Å². The van der Waals surface area contributed by atoms with E-state index in [2.05, 4.69) is 19.9 Å². The fourth-order valence-electron chi connectivity index (χ4n) is 6.24. The van der Waals surface area contributed by atoms with E-state index in [1.54, 1.807) is 0 Å². The smallest absolute Gasteiger partial charge is 0.345 e. The number of carbonyl (C=O) groups is 2. The van der Waals surface area contributed by atoms with Crippen LogP contribution in [0.4, 0.5) is 0 Å². The molecule has 4 heterocycles. The van der Waals surface area contributed by atoms with Gasteiger partial charge in [-0.1, -0.05) is 38.2 Å². The summed E-state index contributed by atoms with van der Waals surface area (Å²) in [4.78, 5) is 24.9. The SMILES string of the molecule is CC(=O)O[C@H]1C[C@H]2C[C@@H](O)C[C@@H](C[C@@H](C)C=CC=CC[C@H]3O[C@H](C[C@H]3C)[C@H](O)C[C@H]3OC(=O)[C@@]1(O)[C@H]3O)O2. The summed E-state index contributed by atoms with van der Waals surface area (Å²) in [6.45, 7) is 5.25. The molecule has 4 rings (SSSR count). The maximum atomic E-state index is 13.0. The van der Waals surface area contributed by atoms with E-state index in [1.807, 2.05) is 18.2 Å². The predicted octanol–water partition coefficient (Wildman–Crippen LogP) is 1.32. The molecule has 0 aliphatic carbocycles. The number of aliphatic hydroxyl groups excluding tert-OH is 3. The van der Waals surface area contributed by atoms with Crippen LogP contribution < -0.4 is 0 Å². The largest absolute Gasteiger partial charge is 0.459 e. The molecular formula is C28H42O10. The molecule has 0 unspecified atom stereocenters. The summed E-state index contributed by atoms with van der Waals surface area (Å²) in [7, 11) is 0. The maximum Gasteiger partial charge on any atom is 0.345 e. The first kappa shape index (κ1) is 29.2. The third-order valence-corrected chi connectivity index (χ3v) is 8.30. The quantitative estimate of drug-likeness (QED) is 0.360. The number of rotatable bonds is 1. The van der Waals surface area contributed by atoms with Crippen LogP contribution in [0.25, 0.3) is 0 Å². The zero-order valence-corrected chi connectivity index (χ0v) is 22.3. The number of esters is 2. The van der Waals surface area contributed by atoms with E-state index >= 15 is 0 Å². The molecular weight excluding hydrogens is 496 g/mol. The van der Waals surface area contributed by atoms with Gasteiger partial charge in [0.1, 0.15) is 18.3 Å². The van der Waals surface area contributed by atoms with Crippen molar-refractivity contribution in [2.75, 3.05) is 0 Å². The van der Waals surface area contributed by atoms with Crippen molar-refractivity contribution < 1.29 is 49.0 Å². The Bertz CT molecular complexity index is 904. The van der Waals surface area contributed by atoms with Crippen LogP contribution in [-0.2, 0) is 28.5 Å². The third kappa shape index (κ3) is 6.48. The van der Waals surface area contributed by atoms with Crippen molar-refractivity contribution in [2.45, 2.75) is 126 Å². The van der Waals surface area contributed by atoms with E-state index in [1.165, 1.54) is 0 Å². The highest BCUT2D eigenvalue weighted by Gasteiger charge is 2.63. The van der Waals surface area contributed by atoms with Crippen LogP contribution in [0.2, 0.25) is 0 Å². The average molecular weight is 539 g/mol. The number of aliphatic hydroxyl groups is 4. The van der Waals surface area contributed by atoms with Crippen LogP contribution >= 0.6 is 0 Å².